The minimum absolute atomic E-state index is 0.00125. The van der Waals surface area contributed by atoms with Crippen molar-refractivity contribution in [2.75, 3.05) is 7.05 Å². The van der Waals surface area contributed by atoms with E-state index in [2.05, 4.69) is 15.6 Å². The normalized spacial score (nSPS) is 13.2. The highest BCUT2D eigenvalue weighted by Gasteiger charge is 2.18. The number of ketones is 1. The summed E-state index contributed by atoms with van der Waals surface area (Å²) in [5, 5.41) is 6.40. The van der Waals surface area contributed by atoms with Crippen molar-refractivity contribution in [3.8, 4) is 0 Å². The maximum absolute atomic E-state index is 12.8. The molecule has 2 aromatic rings. The molecule has 0 aliphatic carbocycles. The molecule has 0 radical (unpaired) electrons. The van der Waals surface area contributed by atoms with Crippen molar-refractivity contribution in [3.05, 3.63) is 64.0 Å². The van der Waals surface area contributed by atoms with Crippen LogP contribution < -0.4 is 10.6 Å². The molecular formula is C17H19N3O. The summed E-state index contributed by atoms with van der Waals surface area (Å²) in [6, 6.07) is 7.76. The van der Waals surface area contributed by atoms with Crippen molar-refractivity contribution in [3.63, 3.8) is 0 Å². The second kappa shape index (κ2) is 5.76. The summed E-state index contributed by atoms with van der Waals surface area (Å²) in [5.41, 5.74) is 5.80. The largest absolute Gasteiger partial charge is 0.316 e. The van der Waals surface area contributed by atoms with Crippen molar-refractivity contribution >= 4 is 5.78 Å². The molecule has 108 valence electrons. The van der Waals surface area contributed by atoms with Gasteiger partial charge in [0.05, 0.1) is 0 Å². The van der Waals surface area contributed by atoms with Crippen LogP contribution in [0.4, 0.5) is 0 Å². The van der Waals surface area contributed by atoms with Gasteiger partial charge in [0.15, 0.2) is 0 Å². The molecule has 0 bridgehead atoms. The average molecular weight is 281 g/mol. The molecule has 21 heavy (non-hydrogen) atoms. The molecule has 1 aliphatic heterocycles. The first kappa shape index (κ1) is 13.9. The van der Waals surface area contributed by atoms with Crippen molar-refractivity contribution in [2.45, 2.75) is 26.6 Å². The lowest BCUT2D eigenvalue weighted by Crippen LogP contribution is -2.14. The summed E-state index contributed by atoms with van der Waals surface area (Å²) in [6.45, 7) is 4.37. The summed E-state index contributed by atoms with van der Waals surface area (Å²) >= 11 is 0. The average Bonchev–Trinajstić information content (AvgIpc) is 2.96. The first-order valence-electron chi connectivity index (χ1n) is 7.17. The third-order valence-electron chi connectivity index (χ3n) is 3.95. The number of carbonyl (C=O) groups is 1. The van der Waals surface area contributed by atoms with Gasteiger partial charge in [-0.25, -0.2) is 0 Å². The molecule has 2 N–H and O–H groups in total. The van der Waals surface area contributed by atoms with Crippen LogP contribution in [0.25, 0.3) is 0 Å². The molecule has 0 fully saturated rings. The third kappa shape index (κ3) is 2.60. The molecule has 0 saturated heterocycles. The van der Waals surface area contributed by atoms with Gasteiger partial charge in [-0.2, -0.15) is 0 Å². The maximum atomic E-state index is 12.8. The number of nitrogens with one attached hydrogen (secondary N) is 2. The van der Waals surface area contributed by atoms with E-state index >= 15 is 0 Å². The van der Waals surface area contributed by atoms with Crippen molar-refractivity contribution in [2.24, 2.45) is 0 Å². The summed E-state index contributed by atoms with van der Waals surface area (Å²) in [5.74, 6) is -0.00125. The minimum Gasteiger partial charge on any atom is -0.316 e. The lowest BCUT2D eigenvalue weighted by atomic mass is 9.96. The van der Waals surface area contributed by atoms with Crippen LogP contribution >= 0.6 is 0 Å². The number of nitrogens with zero attached hydrogens (tertiary/aromatic N) is 1. The van der Waals surface area contributed by atoms with Gasteiger partial charge >= 0.3 is 0 Å². The number of fused-ring (bicyclic) bond motifs is 1. The molecule has 0 unspecified atom stereocenters. The van der Waals surface area contributed by atoms with Crippen LogP contribution in [-0.4, -0.2) is 17.8 Å². The highest BCUT2D eigenvalue weighted by Crippen LogP contribution is 2.20. The van der Waals surface area contributed by atoms with E-state index in [4.69, 9.17) is 0 Å². The van der Waals surface area contributed by atoms with Gasteiger partial charge in [0.25, 0.3) is 0 Å². The summed E-state index contributed by atoms with van der Waals surface area (Å²) in [7, 11) is 1.89. The number of aryl methyl sites for hydroxylation is 1. The topological polar surface area (TPSA) is 54.0 Å². The second-order valence-corrected chi connectivity index (χ2v) is 5.40. The van der Waals surface area contributed by atoms with E-state index in [-0.39, 0.29) is 5.78 Å². The molecule has 1 aromatic heterocycles. The van der Waals surface area contributed by atoms with E-state index in [1.54, 1.807) is 0 Å². The van der Waals surface area contributed by atoms with E-state index in [0.717, 1.165) is 29.8 Å². The SMILES string of the molecule is CNCc1c(C)cccc1C(=O)c1cc2c(cn1)CNC2. The Morgan fingerprint density at radius 1 is 1.33 bits per heavy atom. The zero-order chi connectivity index (χ0) is 14.8. The Morgan fingerprint density at radius 2 is 2.14 bits per heavy atom. The number of pyridine rings is 1. The number of carbonyl (C=O) groups excluding carboxylic acids is 1. The first-order chi connectivity index (χ1) is 10.2. The monoisotopic (exact) mass is 281 g/mol. The van der Waals surface area contributed by atoms with Gasteiger partial charge in [-0.15, -0.1) is 0 Å². The van der Waals surface area contributed by atoms with E-state index in [1.807, 2.05) is 44.4 Å². The van der Waals surface area contributed by atoms with Gasteiger partial charge in [0.1, 0.15) is 5.69 Å². The number of hydrogen-bond acceptors (Lipinski definition) is 4. The van der Waals surface area contributed by atoms with Crippen LogP contribution in [0.1, 0.15) is 38.3 Å². The molecule has 1 aliphatic rings. The van der Waals surface area contributed by atoms with Crippen LogP contribution in [0.15, 0.2) is 30.5 Å². The van der Waals surface area contributed by atoms with Crippen LogP contribution in [0.5, 0.6) is 0 Å². The predicted molar refractivity (Wildman–Crippen MR) is 82.2 cm³/mol. The maximum Gasteiger partial charge on any atom is 0.211 e. The molecule has 0 atom stereocenters. The number of hydrogen-bond donors (Lipinski definition) is 2. The molecule has 0 spiro atoms. The number of aromatic nitrogens is 1. The van der Waals surface area contributed by atoms with Gasteiger partial charge in [-0.3, -0.25) is 9.78 Å². The van der Waals surface area contributed by atoms with Gasteiger partial charge in [0.2, 0.25) is 5.78 Å². The second-order valence-electron chi connectivity index (χ2n) is 5.40. The fourth-order valence-electron chi connectivity index (χ4n) is 2.77. The lowest BCUT2D eigenvalue weighted by Gasteiger charge is -2.11. The highest BCUT2D eigenvalue weighted by molar-refractivity contribution is 6.09. The van der Waals surface area contributed by atoms with Crippen LogP contribution in [-0.2, 0) is 19.6 Å². The van der Waals surface area contributed by atoms with Crippen LogP contribution in [0, 0.1) is 6.92 Å². The fourth-order valence-corrected chi connectivity index (χ4v) is 2.77. The molecular weight excluding hydrogens is 262 g/mol. The van der Waals surface area contributed by atoms with Crippen LogP contribution in [0.3, 0.4) is 0 Å². The van der Waals surface area contributed by atoms with E-state index in [9.17, 15) is 4.79 Å². The molecule has 1 aromatic carbocycles. The van der Waals surface area contributed by atoms with Crippen LogP contribution in [0.2, 0.25) is 0 Å². The Morgan fingerprint density at radius 3 is 2.95 bits per heavy atom. The molecule has 2 heterocycles. The summed E-state index contributed by atoms with van der Waals surface area (Å²) in [4.78, 5) is 17.1. The number of benzene rings is 1. The number of rotatable bonds is 4. The van der Waals surface area contributed by atoms with Gasteiger partial charge < -0.3 is 10.6 Å². The molecule has 3 rings (SSSR count). The van der Waals surface area contributed by atoms with Gasteiger partial charge in [-0.05, 0) is 42.3 Å². The zero-order valence-corrected chi connectivity index (χ0v) is 12.4. The van der Waals surface area contributed by atoms with Crippen molar-refractivity contribution in [1.82, 2.24) is 15.6 Å². The van der Waals surface area contributed by atoms with Gasteiger partial charge in [0, 0.05) is 31.4 Å². The van der Waals surface area contributed by atoms with Crippen molar-refractivity contribution in [1.29, 1.82) is 0 Å². The molecule has 0 amide bonds. The third-order valence-corrected chi connectivity index (χ3v) is 3.95. The van der Waals surface area contributed by atoms with E-state index in [0.29, 0.717) is 12.2 Å². The zero-order valence-electron chi connectivity index (χ0n) is 12.4. The Balaban J connectivity index is 2.01. The quantitative estimate of drug-likeness (QED) is 0.841. The summed E-state index contributed by atoms with van der Waals surface area (Å²) < 4.78 is 0. The smallest absolute Gasteiger partial charge is 0.211 e. The van der Waals surface area contributed by atoms with Gasteiger partial charge in [-0.1, -0.05) is 18.2 Å². The Labute approximate surface area is 124 Å². The minimum atomic E-state index is -0.00125. The lowest BCUT2D eigenvalue weighted by molar-refractivity contribution is 0.103. The Kier molecular flexibility index (Phi) is 3.82. The predicted octanol–water partition coefficient (Wildman–Crippen LogP) is 1.94. The molecule has 0 saturated carbocycles. The van der Waals surface area contributed by atoms with Crippen molar-refractivity contribution < 1.29 is 4.79 Å². The first-order valence-corrected chi connectivity index (χ1v) is 7.17. The fraction of sp³-hybridized carbons (Fsp3) is 0.294. The molecule has 4 heteroatoms. The molecule has 4 nitrogen and oxygen atoms in total. The summed E-state index contributed by atoms with van der Waals surface area (Å²) in [6.07, 6.45) is 1.82. The van der Waals surface area contributed by atoms with E-state index < -0.39 is 0 Å². The standard InChI is InChI=1S/C17H19N3O/c1-11-4-3-5-14(15(11)10-18-2)17(21)16-6-12-7-19-8-13(12)9-20-16/h3-6,9,18-19H,7-8,10H2,1-2H3. The highest BCUT2D eigenvalue weighted by atomic mass is 16.1. The Bertz CT molecular complexity index is 694. The van der Waals surface area contributed by atoms with E-state index in [1.165, 1.54) is 11.1 Å². The Hall–Kier alpha value is -2.04.